The molecule has 25 heavy (non-hydrogen) atoms. The molecule has 9 heteroatoms. The zero-order valence-electron chi connectivity index (χ0n) is 13.7. The Morgan fingerprint density at radius 1 is 1.32 bits per heavy atom. The Labute approximate surface area is 152 Å². The van der Waals surface area contributed by atoms with Crippen molar-refractivity contribution in [3.63, 3.8) is 0 Å². The molecule has 0 radical (unpaired) electrons. The molecule has 0 aliphatic heterocycles. The molecule has 0 spiro atoms. The van der Waals surface area contributed by atoms with Gasteiger partial charge < -0.3 is 5.32 Å². The number of thioether (sulfide) groups is 1. The Morgan fingerprint density at radius 3 is 2.80 bits per heavy atom. The molecule has 1 amide bonds. The van der Waals surface area contributed by atoms with Crippen LogP contribution in [0.5, 0.6) is 0 Å². The fourth-order valence-corrected chi connectivity index (χ4v) is 3.19. The number of carbonyl (C=O) groups is 1. The molecular weight excluding hydrogens is 365 g/mol. The van der Waals surface area contributed by atoms with Crippen LogP contribution in [0.2, 0.25) is 5.02 Å². The van der Waals surface area contributed by atoms with Crippen LogP contribution in [0, 0.1) is 19.7 Å². The number of amides is 1. The van der Waals surface area contributed by atoms with Gasteiger partial charge in [-0.3, -0.25) is 4.79 Å². The van der Waals surface area contributed by atoms with Gasteiger partial charge in [0.05, 0.1) is 16.0 Å². The summed E-state index contributed by atoms with van der Waals surface area (Å²) in [5.41, 5.74) is 2.12. The monoisotopic (exact) mass is 379 g/mol. The first-order valence-corrected chi connectivity index (χ1v) is 8.73. The molecule has 0 saturated heterocycles. The quantitative estimate of drug-likeness (QED) is 0.700. The minimum Gasteiger partial charge on any atom is -0.324 e. The fraction of sp³-hybridized carbons (Fsp3) is 0.250. The predicted molar refractivity (Wildman–Crippen MR) is 95.6 cm³/mol. The van der Waals surface area contributed by atoms with Gasteiger partial charge in [-0.1, -0.05) is 23.4 Å². The summed E-state index contributed by atoms with van der Waals surface area (Å²) in [5.74, 6) is -0.245. The van der Waals surface area contributed by atoms with Gasteiger partial charge in [-0.15, -0.1) is 5.10 Å². The standard InChI is InChI=1S/C16H15ClFN5OS/c1-8-6-9(2)23-15(19-8)21-16(22-23)25-10(3)14(24)20-13-5-4-11(18)7-12(13)17/h4-7,10H,1-3H3,(H,20,24)/t10-/m1/s1. The molecule has 0 fully saturated rings. The highest BCUT2D eigenvalue weighted by atomic mass is 35.5. The van der Waals surface area contributed by atoms with E-state index in [4.69, 9.17) is 11.6 Å². The van der Waals surface area contributed by atoms with Crippen LogP contribution in [0.3, 0.4) is 0 Å². The number of halogens is 2. The van der Waals surface area contributed by atoms with Crippen LogP contribution >= 0.6 is 23.4 Å². The van der Waals surface area contributed by atoms with Crippen molar-refractivity contribution in [3.8, 4) is 0 Å². The van der Waals surface area contributed by atoms with E-state index in [1.54, 1.807) is 11.4 Å². The second-order valence-corrected chi connectivity index (χ2v) is 7.23. The molecule has 2 heterocycles. The first-order chi connectivity index (χ1) is 11.8. The van der Waals surface area contributed by atoms with Gasteiger partial charge in [0.15, 0.2) is 0 Å². The molecule has 0 saturated carbocycles. The highest BCUT2D eigenvalue weighted by Gasteiger charge is 2.19. The van der Waals surface area contributed by atoms with Crippen LogP contribution in [0.25, 0.3) is 5.78 Å². The lowest BCUT2D eigenvalue weighted by atomic mass is 10.3. The van der Waals surface area contributed by atoms with Crippen molar-refractivity contribution in [1.29, 1.82) is 0 Å². The summed E-state index contributed by atoms with van der Waals surface area (Å²) >= 11 is 7.13. The van der Waals surface area contributed by atoms with E-state index in [2.05, 4.69) is 20.4 Å². The third-order valence-corrected chi connectivity index (χ3v) is 4.70. The molecule has 1 atom stereocenters. The molecular formula is C16H15ClFN5OS. The largest absolute Gasteiger partial charge is 0.324 e. The normalized spacial score (nSPS) is 12.4. The van der Waals surface area contributed by atoms with Gasteiger partial charge in [-0.05, 0) is 45.0 Å². The Morgan fingerprint density at radius 2 is 2.08 bits per heavy atom. The number of rotatable bonds is 4. The highest BCUT2D eigenvalue weighted by molar-refractivity contribution is 8.00. The second kappa shape index (κ2) is 6.97. The van der Waals surface area contributed by atoms with E-state index in [0.717, 1.165) is 17.5 Å². The molecule has 0 aliphatic rings. The minimum atomic E-state index is -0.472. The molecule has 130 valence electrons. The van der Waals surface area contributed by atoms with Gasteiger partial charge in [0.2, 0.25) is 11.1 Å². The van der Waals surface area contributed by atoms with E-state index in [-0.39, 0.29) is 10.9 Å². The van der Waals surface area contributed by atoms with E-state index >= 15 is 0 Å². The summed E-state index contributed by atoms with van der Waals surface area (Å²) < 4.78 is 14.7. The smallest absolute Gasteiger partial charge is 0.253 e. The van der Waals surface area contributed by atoms with Crippen LogP contribution in [0.4, 0.5) is 10.1 Å². The lowest BCUT2D eigenvalue weighted by molar-refractivity contribution is -0.115. The van der Waals surface area contributed by atoms with Crippen molar-refractivity contribution in [1.82, 2.24) is 19.6 Å². The molecule has 6 nitrogen and oxygen atoms in total. The molecule has 3 aromatic rings. The van der Waals surface area contributed by atoms with Gasteiger partial charge >= 0.3 is 0 Å². The summed E-state index contributed by atoms with van der Waals surface area (Å²) in [5, 5.41) is 7.16. The molecule has 3 rings (SSSR count). The molecule has 0 bridgehead atoms. The Kier molecular flexibility index (Phi) is 4.91. The molecule has 0 unspecified atom stereocenters. The third kappa shape index (κ3) is 3.91. The van der Waals surface area contributed by atoms with Crippen molar-refractivity contribution in [2.45, 2.75) is 31.2 Å². The summed E-state index contributed by atoms with van der Waals surface area (Å²) in [4.78, 5) is 21.0. The average molecular weight is 380 g/mol. The summed E-state index contributed by atoms with van der Waals surface area (Å²) in [6.07, 6.45) is 0. The zero-order valence-corrected chi connectivity index (χ0v) is 15.3. The molecule has 1 aromatic carbocycles. The van der Waals surface area contributed by atoms with Gasteiger partial charge in [0.25, 0.3) is 5.78 Å². The molecule has 1 N–H and O–H groups in total. The van der Waals surface area contributed by atoms with E-state index in [1.165, 1.54) is 23.9 Å². The summed E-state index contributed by atoms with van der Waals surface area (Å²) in [6, 6.07) is 5.71. The molecule has 0 aliphatic carbocycles. The van der Waals surface area contributed by atoms with Crippen molar-refractivity contribution < 1.29 is 9.18 Å². The van der Waals surface area contributed by atoms with Crippen LogP contribution in [0.15, 0.2) is 29.4 Å². The number of hydrogen-bond donors (Lipinski definition) is 1. The summed E-state index contributed by atoms with van der Waals surface area (Å²) in [6.45, 7) is 5.53. The van der Waals surface area contributed by atoms with E-state index in [1.807, 2.05) is 19.9 Å². The van der Waals surface area contributed by atoms with Crippen LogP contribution in [0.1, 0.15) is 18.3 Å². The third-order valence-electron chi connectivity index (χ3n) is 3.44. The topological polar surface area (TPSA) is 72.2 Å². The Balaban J connectivity index is 1.74. The van der Waals surface area contributed by atoms with Gasteiger partial charge in [-0.25, -0.2) is 13.9 Å². The first kappa shape index (κ1) is 17.6. The number of fused-ring (bicyclic) bond motifs is 1. The number of carbonyl (C=O) groups excluding carboxylic acids is 1. The van der Waals surface area contributed by atoms with Gasteiger partial charge in [-0.2, -0.15) is 4.98 Å². The minimum absolute atomic E-state index is 0.145. The number of nitrogens with one attached hydrogen (secondary N) is 1. The maximum absolute atomic E-state index is 13.1. The SMILES string of the molecule is Cc1cc(C)n2nc(S[C@H](C)C(=O)Nc3ccc(F)cc3Cl)nc2n1. The van der Waals surface area contributed by atoms with E-state index in [9.17, 15) is 9.18 Å². The molecule has 2 aromatic heterocycles. The van der Waals surface area contributed by atoms with Crippen molar-refractivity contribution in [3.05, 3.63) is 46.5 Å². The number of anilines is 1. The second-order valence-electron chi connectivity index (χ2n) is 5.52. The summed E-state index contributed by atoms with van der Waals surface area (Å²) in [7, 11) is 0. The number of hydrogen-bond acceptors (Lipinski definition) is 5. The highest BCUT2D eigenvalue weighted by Crippen LogP contribution is 2.25. The average Bonchev–Trinajstić information content (AvgIpc) is 2.92. The van der Waals surface area contributed by atoms with Crippen LogP contribution in [-0.4, -0.2) is 30.7 Å². The van der Waals surface area contributed by atoms with Gasteiger partial charge in [0, 0.05) is 11.4 Å². The van der Waals surface area contributed by atoms with E-state index < -0.39 is 11.1 Å². The lowest BCUT2D eigenvalue weighted by Gasteiger charge is -2.11. The maximum atomic E-state index is 13.1. The lowest BCUT2D eigenvalue weighted by Crippen LogP contribution is -2.22. The maximum Gasteiger partial charge on any atom is 0.253 e. The zero-order chi connectivity index (χ0) is 18.1. The number of benzene rings is 1. The van der Waals surface area contributed by atoms with Crippen molar-refractivity contribution >= 4 is 40.7 Å². The fourth-order valence-electron chi connectivity index (χ4n) is 2.23. The van der Waals surface area contributed by atoms with Gasteiger partial charge in [0.1, 0.15) is 5.82 Å². The number of aromatic nitrogens is 4. The van der Waals surface area contributed by atoms with Crippen molar-refractivity contribution in [2.24, 2.45) is 0 Å². The first-order valence-electron chi connectivity index (χ1n) is 7.47. The number of nitrogens with zero attached hydrogens (tertiary/aromatic N) is 4. The van der Waals surface area contributed by atoms with Crippen LogP contribution < -0.4 is 5.32 Å². The Bertz CT molecular complexity index is 961. The van der Waals surface area contributed by atoms with Crippen molar-refractivity contribution in [2.75, 3.05) is 5.32 Å². The van der Waals surface area contributed by atoms with Crippen LogP contribution in [-0.2, 0) is 4.79 Å². The Hall–Kier alpha value is -2.19. The van der Waals surface area contributed by atoms with E-state index in [0.29, 0.717) is 16.6 Å². The number of aryl methyl sites for hydroxylation is 2. The predicted octanol–water partition coefficient (Wildman–Crippen LogP) is 3.65.